The smallest absolute Gasteiger partial charge is 0.0991 e. The van der Waals surface area contributed by atoms with Crippen molar-refractivity contribution in [2.75, 3.05) is 6.54 Å². The van der Waals surface area contributed by atoms with Crippen LogP contribution in [0.4, 0.5) is 5.69 Å². The highest BCUT2D eigenvalue weighted by molar-refractivity contribution is 5.41. The molecule has 13 heavy (non-hydrogen) atoms. The Labute approximate surface area is 79.2 Å². The molecule has 2 nitrogen and oxygen atoms in total. The van der Waals surface area contributed by atoms with E-state index in [0.717, 1.165) is 18.7 Å². The van der Waals surface area contributed by atoms with Gasteiger partial charge in [0.15, 0.2) is 0 Å². The predicted octanol–water partition coefficient (Wildman–Crippen LogP) is 2.59. The Balaban J connectivity index is 2.46. The quantitative estimate of drug-likeness (QED) is 0.645. The van der Waals surface area contributed by atoms with E-state index in [9.17, 15) is 0 Å². The molecule has 0 amide bonds. The molecule has 0 aliphatic rings. The van der Waals surface area contributed by atoms with E-state index in [1.165, 1.54) is 6.42 Å². The lowest BCUT2D eigenvalue weighted by Gasteiger charge is -2.00. The average molecular weight is 173 g/mol. The van der Waals surface area contributed by atoms with E-state index >= 15 is 0 Å². The Hall–Kier alpha value is -1.49. The van der Waals surface area contributed by atoms with Crippen molar-refractivity contribution < 1.29 is 0 Å². The highest BCUT2D eigenvalue weighted by Gasteiger charge is 1.93. The molecule has 2 heteroatoms. The first-order valence-corrected chi connectivity index (χ1v) is 4.54. The van der Waals surface area contributed by atoms with Gasteiger partial charge in [0, 0.05) is 6.54 Å². The molecule has 0 aromatic heterocycles. The van der Waals surface area contributed by atoms with Gasteiger partial charge < -0.3 is 0 Å². The van der Waals surface area contributed by atoms with Crippen molar-refractivity contribution in [3.05, 3.63) is 29.8 Å². The summed E-state index contributed by atoms with van der Waals surface area (Å²) in [6.45, 7) is 3.02. The molecule has 0 N–H and O–H groups in total. The lowest BCUT2D eigenvalue weighted by Crippen LogP contribution is -1.98. The zero-order valence-corrected chi connectivity index (χ0v) is 7.83. The van der Waals surface area contributed by atoms with Gasteiger partial charge in [0.2, 0.25) is 0 Å². The van der Waals surface area contributed by atoms with E-state index in [4.69, 9.17) is 5.26 Å². The van der Waals surface area contributed by atoms with Crippen molar-refractivity contribution in [2.24, 2.45) is 0 Å². The predicted molar refractivity (Wildman–Crippen MR) is 52.7 cm³/mol. The molecular weight excluding hydrogens is 160 g/mol. The molecule has 0 saturated heterocycles. The van der Waals surface area contributed by atoms with Crippen molar-refractivity contribution in [1.82, 2.24) is 5.32 Å². The number of nitriles is 1. The standard InChI is InChI=1S/C11H13N2/c1-2-3-8-13-11-6-4-10(9-12)5-7-11/h4-7H,2-3,8H2,1H3. The SMILES string of the molecule is CCCC[N]c1ccc(C#N)cc1. The first-order chi connectivity index (χ1) is 6.36. The van der Waals surface area contributed by atoms with Gasteiger partial charge >= 0.3 is 0 Å². The molecule has 1 aromatic rings. The Bertz CT molecular complexity index is 282. The Morgan fingerprint density at radius 3 is 2.54 bits per heavy atom. The van der Waals surface area contributed by atoms with E-state index in [1.54, 1.807) is 12.1 Å². The van der Waals surface area contributed by atoms with Crippen molar-refractivity contribution in [3.63, 3.8) is 0 Å². The fraction of sp³-hybridized carbons (Fsp3) is 0.364. The molecule has 0 bridgehead atoms. The molecular formula is C11H13N2. The number of hydrogen-bond acceptors (Lipinski definition) is 1. The number of hydrogen-bond donors (Lipinski definition) is 0. The lowest BCUT2D eigenvalue weighted by atomic mass is 10.2. The fourth-order valence-electron chi connectivity index (χ4n) is 1.01. The van der Waals surface area contributed by atoms with Gasteiger partial charge in [0.05, 0.1) is 17.3 Å². The van der Waals surface area contributed by atoms with E-state index in [-0.39, 0.29) is 0 Å². The second kappa shape index (κ2) is 5.21. The van der Waals surface area contributed by atoms with Crippen LogP contribution in [0.15, 0.2) is 24.3 Å². The molecule has 0 heterocycles. The number of unbranched alkanes of at least 4 members (excludes halogenated alkanes) is 1. The minimum atomic E-state index is 0.689. The number of benzene rings is 1. The monoisotopic (exact) mass is 173 g/mol. The van der Waals surface area contributed by atoms with Crippen LogP contribution in [-0.4, -0.2) is 6.54 Å². The molecule has 0 aliphatic heterocycles. The molecule has 0 unspecified atom stereocenters. The first-order valence-electron chi connectivity index (χ1n) is 4.54. The summed E-state index contributed by atoms with van der Waals surface area (Å²) < 4.78 is 0. The van der Waals surface area contributed by atoms with Gasteiger partial charge in [-0.3, -0.25) is 5.32 Å². The van der Waals surface area contributed by atoms with E-state index in [2.05, 4.69) is 18.3 Å². The maximum absolute atomic E-state index is 8.56. The second-order valence-corrected chi connectivity index (χ2v) is 2.89. The third kappa shape index (κ3) is 3.16. The Kier molecular flexibility index (Phi) is 3.84. The maximum Gasteiger partial charge on any atom is 0.0991 e. The summed E-state index contributed by atoms with van der Waals surface area (Å²) in [5.41, 5.74) is 1.65. The zero-order chi connectivity index (χ0) is 9.52. The van der Waals surface area contributed by atoms with Crippen molar-refractivity contribution in [3.8, 4) is 6.07 Å². The van der Waals surface area contributed by atoms with Crippen LogP contribution in [0.2, 0.25) is 0 Å². The Morgan fingerprint density at radius 1 is 1.31 bits per heavy atom. The van der Waals surface area contributed by atoms with Crippen molar-refractivity contribution in [1.29, 1.82) is 5.26 Å². The van der Waals surface area contributed by atoms with E-state index in [0.29, 0.717) is 5.56 Å². The molecule has 1 aromatic carbocycles. The van der Waals surface area contributed by atoms with Gasteiger partial charge in [-0.1, -0.05) is 13.3 Å². The molecule has 0 aliphatic carbocycles. The summed E-state index contributed by atoms with van der Waals surface area (Å²) in [5, 5.41) is 12.9. The normalized spacial score (nSPS) is 9.23. The summed E-state index contributed by atoms with van der Waals surface area (Å²) in [7, 11) is 0. The van der Waals surface area contributed by atoms with Crippen LogP contribution in [0.25, 0.3) is 0 Å². The molecule has 1 radical (unpaired) electrons. The molecule has 0 atom stereocenters. The molecule has 1 rings (SSSR count). The van der Waals surface area contributed by atoms with Gasteiger partial charge in [-0.25, -0.2) is 0 Å². The summed E-state index contributed by atoms with van der Waals surface area (Å²) >= 11 is 0. The second-order valence-electron chi connectivity index (χ2n) is 2.89. The van der Waals surface area contributed by atoms with Crippen molar-refractivity contribution in [2.45, 2.75) is 19.8 Å². The molecule has 67 valence electrons. The number of nitrogens with zero attached hydrogens (tertiary/aromatic N) is 2. The zero-order valence-electron chi connectivity index (χ0n) is 7.83. The average Bonchev–Trinajstić information content (AvgIpc) is 2.19. The van der Waals surface area contributed by atoms with Crippen LogP contribution in [0.1, 0.15) is 25.3 Å². The minimum Gasteiger partial charge on any atom is -0.285 e. The first kappa shape index (κ1) is 9.60. The third-order valence-corrected chi connectivity index (χ3v) is 1.80. The highest BCUT2D eigenvalue weighted by Crippen LogP contribution is 2.08. The molecule has 0 saturated carbocycles. The topological polar surface area (TPSA) is 37.9 Å². The third-order valence-electron chi connectivity index (χ3n) is 1.80. The van der Waals surface area contributed by atoms with Gasteiger partial charge in [-0.15, -0.1) is 0 Å². The van der Waals surface area contributed by atoms with Gasteiger partial charge in [0.25, 0.3) is 0 Å². The summed E-state index contributed by atoms with van der Waals surface area (Å²) in [5.74, 6) is 0. The van der Waals surface area contributed by atoms with Crippen LogP contribution >= 0.6 is 0 Å². The minimum absolute atomic E-state index is 0.689. The number of rotatable bonds is 4. The molecule has 0 fully saturated rings. The largest absolute Gasteiger partial charge is 0.285 e. The van der Waals surface area contributed by atoms with Gasteiger partial charge in [-0.2, -0.15) is 5.26 Å². The summed E-state index contributed by atoms with van der Waals surface area (Å²) in [6.07, 6.45) is 2.29. The van der Waals surface area contributed by atoms with Crippen LogP contribution in [-0.2, 0) is 0 Å². The van der Waals surface area contributed by atoms with E-state index in [1.807, 2.05) is 12.1 Å². The van der Waals surface area contributed by atoms with Crippen LogP contribution in [0.3, 0.4) is 0 Å². The van der Waals surface area contributed by atoms with Gasteiger partial charge in [0.1, 0.15) is 0 Å². The molecule has 0 spiro atoms. The van der Waals surface area contributed by atoms with Crippen LogP contribution in [0.5, 0.6) is 0 Å². The lowest BCUT2D eigenvalue weighted by molar-refractivity contribution is 0.732. The van der Waals surface area contributed by atoms with Crippen molar-refractivity contribution >= 4 is 5.69 Å². The summed E-state index contributed by atoms with van der Waals surface area (Å²) in [6, 6.07) is 9.44. The fourth-order valence-corrected chi connectivity index (χ4v) is 1.01. The van der Waals surface area contributed by atoms with E-state index < -0.39 is 0 Å². The van der Waals surface area contributed by atoms with Gasteiger partial charge in [-0.05, 0) is 30.7 Å². The maximum atomic E-state index is 8.56. The summed E-state index contributed by atoms with van der Waals surface area (Å²) in [4.78, 5) is 0. The van der Waals surface area contributed by atoms with Crippen LogP contribution < -0.4 is 5.32 Å². The Morgan fingerprint density at radius 2 is 2.00 bits per heavy atom. The van der Waals surface area contributed by atoms with Crippen LogP contribution in [0, 0.1) is 11.3 Å². The highest BCUT2D eigenvalue weighted by atomic mass is 14.9.